The lowest BCUT2D eigenvalue weighted by Gasteiger charge is -2.19. The fourth-order valence-corrected chi connectivity index (χ4v) is 7.15. The van der Waals surface area contributed by atoms with E-state index < -0.39 is 21.9 Å². The molecule has 0 N–H and O–H groups in total. The second-order valence-corrected chi connectivity index (χ2v) is 11.8. The maximum atomic E-state index is 13.3. The Morgan fingerprint density at radius 3 is 2.51 bits per heavy atom. The van der Waals surface area contributed by atoms with Crippen LogP contribution in [0.25, 0.3) is 10.2 Å². The number of para-hydroxylation sites is 1. The first-order valence-electron chi connectivity index (χ1n) is 11.0. The van der Waals surface area contributed by atoms with E-state index in [0.717, 1.165) is 16.9 Å². The number of rotatable bonds is 5. The molecule has 5 rings (SSSR count). The molecule has 12 heteroatoms. The van der Waals surface area contributed by atoms with Crippen LogP contribution in [0.3, 0.4) is 0 Å². The molecule has 0 saturated heterocycles. The van der Waals surface area contributed by atoms with Crippen molar-refractivity contribution in [1.29, 1.82) is 0 Å². The minimum Gasteiger partial charge on any atom is -0.468 e. The molecule has 0 aliphatic carbocycles. The van der Waals surface area contributed by atoms with Crippen LogP contribution in [0.5, 0.6) is 0 Å². The number of nitrogens with zero attached hydrogens (tertiary/aromatic N) is 3. The molecule has 37 heavy (non-hydrogen) atoms. The summed E-state index contributed by atoms with van der Waals surface area (Å²) in [4.78, 5) is 29.6. The highest BCUT2D eigenvalue weighted by Gasteiger charge is 2.30. The summed E-state index contributed by atoms with van der Waals surface area (Å²) < 4.78 is 34.8. The SMILES string of the molecule is COC(=O)Cn1c(=NC(=O)c2ccc(S(=O)(=O)N3CCc4ccccc43)cc2)sc2ccc(Cl)c(Cl)c21. The third-order valence-corrected chi connectivity index (χ3v) is 9.65. The number of aromatic nitrogens is 1. The van der Waals surface area contributed by atoms with Gasteiger partial charge < -0.3 is 9.30 Å². The first-order chi connectivity index (χ1) is 17.7. The van der Waals surface area contributed by atoms with Crippen LogP contribution in [0.2, 0.25) is 10.0 Å². The molecular weight excluding hydrogens is 557 g/mol. The van der Waals surface area contributed by atoms with E-state index in [9.17, 15) is 18.0 Å². The van der Waals surface area contributed by atoms with Crippen LogP contribution in [0.15, 0.2) is 70.6 Å². The number of ether oxygens (including phenoxy) is 1. The maximum Gasteiger partial charge on any atom is 0.325 e. The molecule has 1 amide bonds. The van der Waals surface area contributed by atoms with Gasteiger partial charge in [-0.25, -0.2) is 8.42 Å². The number of carbonyl (C=O) groups excluding carboxylic acids is 2. The van der Waals surface area contributed by atoms with Gasteiger partial charge in [-0.3, -0.25) is 13.9 Å². The molecule has 0 saturated carbocycles. The summed E-state index contributed by atoms with van der Waals surface area (Å²) in [5, 5.41) is 0.521. The smallest absolute Gasteiger partial charge is 0.325 e. The number of hydrogen-bond acceptors (Lipinski definition) is 6. The summed E-state index contributed by atoms with van der Waals surface area (Å²) in [6, 6.07) is 16.3. The monoisotopic (exact) mass is 575 g/mol. The van der Waals surface area contributed by atoms with E-state index in [0.29, 0.717) is 33.9 Å². The molecule has 3 aromatic carbocycles. The fourth-order valence-electron chi connectivity index (χ4n) is 4.13. The highest BCUT2D eigenvalue weighted by atomic mass is 35.5. The van der Waals surface area contributed by atoms with Crippen molar-refractivity contribution < 1.29 is 22.7 Å². The lowest BCUT2D eigenvalue weighted by atomic mass is 10.2. The second kappa shape index (κ2) is 9.94. The first-order valence-corrected chi connectivity index (χ1v) is 14.1. The molecule has 1 aliphatic heterocycles. The molecule has 4 aromatic rings. The molecule has 0 radical (unpaired) electrons. The third kappa shape index (κ3) is 4.66. The molecule has 0 spiro atoms. The predicted octanol–water partition coefficient (Wildman–Crippen LogP) is 4.68. The largest absolute Gasteiger partial charge is 0.468 e. The quantitative estimate of drug-likeness (QED) is 0.322. The van der Waals surface area contributed by atoms with E-state index in [1.165, 1.54) is 40.2 Å². The first kappa shape index (κ1) is 25.5. The van der Waals surface area contributed by atoms with E-state index in [-0.39, 0.29) is 26.8 Å². The molecule has 0 atom stereocenters. The number of methoxy groups -OCH3 is 1. The van der Waals surface area contributed by atoms with Crippen LogP contribution in [0.4, 0.5) is 5.69 Å². The van der Waals surface area contributed by atoms with Gasteiger partial charge in [0.15, 0.2) is 4.80 Å². The summed E-state index contributed by atoms with van der Waals surface area (Å²) in [7, 11) is -2.54. The van der Waals surface area contributed by atoms with E-state index >= 15 is 0 Å². The minimum absolute atomic E-state index is 0.0739. The average Bonchev–Trinajstić information content (AvgIpc) is 3.48. The van der Waals surface area contributed by atoms with E-state index in [2.05, 4.69) is 4.99 Å². The maximum absolute atomic E-state index is 13.3. The predicted molar refractivity (Wildman–Crippen MR) is 143 cm³/mol. The van der Waals surface area contributed by atoms with Gasteiger partial charge in [0.25, 0.3) is 15.9 Å². The summed E-state index contributed by atoms with van der Waals surface area (Å²) in [6.45, 7) is 0.133. The van der Waals surface area contributed by atoms with Crippen molar-refractivity contribution in [3.8, 4) is 0 Å². The normalized spacial score (nSPS) is 13.7. The zero-order chi connectivity index (χ0) is 26.3. The van der Waals surface area contributed by atoms with Crippen LogP contribution in [-0.4, -0.2) is 38.5 Å². The number of thiazole rings is 1. The number of esters is 1. The van der Waals surface area contributed by atoms with Gasteiger partial charge in [0, 0.05) is 12.1 Å². The zero-order valence-corrected chi connectivity index (χ0v) is 22.5. The lowest BCUT2D eigenvalue weighted by molar-refractivity contribution is -0.141. The molecule has 1 aromatic heterocycles. The highest BCUT2D eigenvalue weighted by molar-refractivity contribution is 7.92. The van der Waals surface area contributed by atoms with Gasteiger partial charge in [0.2, 0.25) is 0 Å². The van der Waals surface area contributed by atoms with Crippen molar-refractivity contribution in [3.63, 3.8) is 0 Å². The summed E-state index contributed by atoms with van der Waals surface area (Å²) in [6.07, 6.45) is 0.640. The zero-order valence-electron chi connectivity index (χ0n) is 19.4. The number of fused-ring (bicyclic) bond motifs is 2. The van der Waals surface area contributed by atoms with Crippen molar-refractivity contribution in [3.05, 3.63) is 86.6 Å². The van der Waals surface area contributed by atoms with E-state index in [1.807, 2.05) is 12.1 Å². The molecule has 0 fully saturated rings. The van der Waals surface area contributed by atoms with Crippen LogP contribution in [-0.2, 0) is 32.5 Å². The van der Waals surface area contributed by atoms with Gasteiger partial charge in [-0.2, -0.15) is 4.99 Å². The Bertz CT molecular complexity index is 1730. The Morgan fingerprint density at radius 1 is 1.05 bits per heavy atom. The number of benzene rings is 3. The second-order valence-electron chi connectivity index (χ2n) is 8.15. The van der Waals surface area contributed by atoms with Crippen LogP contribution >= 0.6 is 34.5 Å². The summed E-state index contributed by atoms with van der Waals surface area (Å²) >= 11 is 13.7. The average molecular weight is 576 g/mol. The topological polar surface area (TPSA) is 98.0 Å². The summed E-state index contributed by atoms with van der Waals surface area (Å²) in [5.41, 5.74) is 2.29. The van der Waals surface area contributed by atoms with Gasteiger partial charge in [-0.15, -0.1) is 0 Å². The lowest BCUT2D eigenvalue weighted by Crippen LogP contribution is -2.29. The Morgan fingerprint density at radius 2 is 1.78 bits per heavy atom. The molecule has 2 heterocycles. The van der Waals surface area contributed by atoms with Gasteiger partial charge >= 0.3 is 5.97 Å². The van der Waals surface area contributed by atoms with Crippen LogP contribution in [0.1, 0.15) is 15.9 Å². The molecule has 0 unspecified atom stereocenters. The van der Waals surface area contributed by atoms with E-state index in [1.54, 1.807) is 24.3 Å². The highest BCUT2D eigenvalue weighted by Crippen LogP contribution is 2.33. The van der Waals surface area contributed by atoms with Crippen molar-refractivity contribution in [2.24, 2.45) is 4.99 Å². The number of anilines is 1. The number of hydrogen-bond donors (Lipinski definition) is 0. The Kier molecular flexibility index (Phi) is 6.84. The fraction of sp³-hybridized carbons (Fsp3) is 0.160. The van der Waals surface area contributed by atoms with Gasteiger partial charge in [-0.05, 0) is 54.4 Å². The number of sulfonamides is 1. The van der Waals surface area contributed by atoms with Gasteiger partial charge in [-0.1, -0.05) is 52.7 Å². The Balaban J connectivity index is 1.49. The van der Waals surface area contributed by atoms with Gasteiger partial charge in [0.05, 0.1) is 38.0 Å². The van der Waals surface area contributed by atoms with Crippen molar-refractivity contribution in [1.82, 2.24) is 4.57 Å². The molecule has 8 nitrogen and oxygen atoms in total. The number of halogens is 2. The third-order valence-electron chi connectivity index (χ3n) is 5.98. The molecule has 1 aliphatic rings. The molecular formula is C25H19Cl2N3O5S2. The molecule has 190 valence electrons. The number of carbonyl (C=O) groups is 2. The van der Waals surface area contributed by atoms with Crippen molar-refractivity contribution in [2.75, 3.05) is 18.0 Å². The molecule has 0 bridgehead atoms. The Hall–Kier alpha value is -3.18. The van der Waals surface area contributed by atoms with E-state index in [4.69, 9.17) is 27.9 Å². The summed E-state index contributed by atoms with van der Waals surface area (Å²) in [5.74, 6) is -1.16. The van der Waals surface area contributed by atoms with Gasteiger partial charge in [0.1, 0.15) is 6.54 Å². The van der Waals surface area contributed by atoms with Crippen molar-refractivity contribution >= 4 is 72.3 Å². The van der Waals surface area contributed by atoms with Crippen molar-refractivity contribution in [2.45, 2.75) is 17.9 Å². The Labute approximate surface area is 226 Å². The van der Waals surface area contributed by atoms with Crippen LogP contribution < -0.4 is 9.11 Å². The minimum atomic E-state index is -3.79. The van der Waals surface area contributed by atoms with Crippen LogP contribution in [0, 0.1) is 0 Å². The standard InChI is InChI=1S/C25H19Cl2N3O5S2/c1-35-21(31)14-29-23-20(11-10-18(26)22(23)27)36-25(29)28-24(32)16-6-8-17(9-7-16)37(33,34)30-13-12-15-4-2-3-5-19(15)30/h2-11H,12-14H2,1H3. The number of amides is 1.